The van der Waals surface area contributed by atoms with E-state index in [0.29, 0.717) is 22.2 Å². The molecule has 0 fully saturated rings. The Morgan fingerprint density at radius 1 is 1.13 bits per heavy atom. The van der Waals surface area contributed by atoms with Gasteiger partial charge in [0.25, 0.3) is 11.5 Å². The highest BCUT2D eigenvalue weighted by Gasteiger charge is 2.23. The minimum Gasteiger partial charge on any atom is -0.493 e. The van der Waals surface area contributed by atoms with E-state index >= 15 is 0 Å². The maximum Gasteiger partial charge on any atom is 0.271 e. The smallest absolute Gasteiger partial charge is 0.271 e. The van der Waals surface area contributed by atoms with Crippen LogP contribution in [0.3, 0.4) is 0 Å². The minimum atomic E-state index is -0.378. The van der Waals surface area contributed by atoms with Gasteiger partial charge in [0.2, 0.25) is 5.75 Å². The summed E-state index contributed by atoms with van der Waals surface area (Å²) >= 11 is 1.54. The van der Waals surface area contributed by atoms with E-state index in [4.69, 9.17) is 14.2 Å². The number of methoxy groups -OCH3 is 3. The molecule has 0 aliphatic heterocycles. The number of benzene rings is 1. The molecule has 3 aromatic rings. The highest BCUT2D eigenvalue weighted by atomic mass is 32.1. The zero-order valence-corrected chi connectivity index (χ0v) is 18.9. The van der Waals surface area contributed by atoms with Crippen LogP contribution >= 0.6 is 11.3 Å². The first-order valence-electron chi connectivity index (χ1n) is 10.0. The molecule has 4 rings (SSSR count). The van der Waals surface area contributed by atoms with Gasteiger partial charge in [0.05, 0.1) is 21.3 Å². The molecule has 0 atom stereocenters. The largest absolute Gasteiger partial charge is 0.493 e. The summed E-state index contributed by atoms with van der Waals surface area (Å²) in [6, 6.07) is 3.57. The summed E-state index contributed by atoms with van der Waals surface area (Å²) in [7, 11) is 6.27. The van der Waals surface area contributed by atoms with Crippen molar-refractivity contribution in [1.82, 2.24) is 14.3 Å². The second kappa shape index (κ2) is 8.58. The van der Waals surface area contributed by atoms with Crippen LogP contribution in [0.15, 0.2) is 23.1 Å². The van der Waals surface area contributed by atoms with Gasteiger partial charge < -0.3 is 19.1 Å². The van der Waals surface area contributed by atoms with Crippen LogP contribution in [0, 0.1) is 0 Å². The predicted octanol–water partition coefficient (Wildman–Crippen LogP) is 2.93. The zero-order valence-electron chi connectivity index (χ0n) is 18.1. The summed E-state index contributed by atoms with van der Waals surface area (Å²) in [6.07, 6.45) is 5.37. The average Bonchev–Trinajstić information content (AvgIpc) is 3.17. The fourth-order valence-electron chi connectivity index (χ4n) is 3.99. The second-order valence-corrected chi connectivity index (χ2v) is 8.53. The number of fused-ring (bicyclic) bond motifs is 3. The second-order valence-electron chi connectivity index (χ2n) is 7.47. The molecule has 0 saturated carbocycles. The standard InChI is InChI=1S/C22H25N3O5S/c1-24(12-13-9-16(28-2)19(30-4)17(10-13)29-3)20(26)14-11-23-22-25(21(14)27)15-7-5-6-8-18(15)31-22/h9-11H,5-8,12H2,1-4H3. The number of carbonyl (C=O) groups is 1. The molecule has 2 heterocycles. The number of rotatable bonds is 6. The van der Waals surface area contributed by atoms with E-state index in [-0.39, 0.29) is 23.6 Å². The summed E-state index contributed by atoms with van der Waals surface area (Å²) in [5.74, 6) is 1.12. The Kier molecular flexibility index (Phi) is 5.86. The Labute approximate surface area is 184 Å². The number of aromatic nitrogens is 2. The Hall–Kier alpha value is -3.07. The normalized spacial score (nSPS) is 13.0. The van der Waals surface area contributed by atoms with Crippen molar-refractivity contribution >= 4 is 22.2 Å². The first-order chi connectivity index (χ1) is 15.0. The molecule has 1 aliphatic carbocycles. The Morgan fingerprint density at radius 3 is 2.45 bits per heavy atom. The molecule has 8 nitrogen and oxygen atoms in total. The number of hydrogen-bond acceptors (Lipinski definition) is 7. The molecular weight excluding hydrogens is 418 g/mol. The first-order valence-corrected chi connectivity index (χ1v) is 10.9. The number of aryl methyl sites for hydroxylation is 2. The van der Waals surface area contributed by atoms with E-state index in [9.17, 15) is 9.59 Å². The fourth-order valence-corrected chi connectivity index (χ4v) is 5.16. The lowest BCUT2D eigenvalue weighted by atomic mass is 10.0. The summed E-state index contributed by atoms with van der Waals surface area (Å²) in [6.45, 7) is 0.263. The van der Waals surface area contributed by atoms with Crippen molar-refractivity contribution in [3.8, 4) is 17.2 Å². The van der Waals surface area contributed by atoms with Crippen molar-refractivity contribution in [2.45, 2.75) is 32.2 Å². The van der Waals surface area contributed by atoms with Crippen molar-refractivity contribution in [3.05, 3.63) is 50.4 Å². The van der Waals surface area contributed by atoms with Crippen molar-refractivity contribution in [1.29, 1.82) is 0 Å². The van der Waals surface area contributed by atoms with Crippen molar-refractivity contribution in [2.75, 3.05) is 28.4 Å². The fraction of sp³-hybridized carbons (Fsp3) is 0.409. The van der Waals surface area contributed by atoms with E-state index in [2.05, 4.69) is 4.98 Å². The lowest BCUT2D eigenvalue weighted by Crippen LogP contribution is -2.33. The molecular formula is C22H25N3O5S. The van der Waals surface area contributed by atoms with Crippen LogP contribution in [0.5, 0.6) is 17.2 Å². The number of nitrogens with zero attached hydrogens (tertiary/aromatic N) is 3. The van der Waals surface area contributed by atoms with E-state index < -0.39 is 0 Å². The van der Waals surface area contributed by atoms with Gasteiger partial charge >= 0.3 is 0 Å². The van der Waals surface area contributed by atoms with Crippen LogP contribution in [-0.4, -0.2) is 48.6 Å². The van der Waals surface area contributed by atoms with Crippen LogP contribution in [0.1, 0.15) is 39.3 Å². The molecule has 0 unspecified atom stereocenters. The van der Waals surface area contributed by atoms with Gasteiger partial charge in [-0.1, -0.05) is 0 Å². The molecule has 2 aromatic heterocycles. The minimum absolute atomic E-state index is 0.0682. The predicted molar refractivity (Wildman–Crippen MR) is 118 cm³/mol. The lowest BCUT2D eigenvalue weighted by molar-refractivity contribution is 0.0782. The van der Waals surface area contributed by atoms with Gasteiger partial charge in [-0.3, -0.25) is 14.0 Å². The number of thiazole rings is 1. The van der Waals surface area contributed by atoms with Gasteiger partial charge in [0, 0.05) is 30.4 Å². The third kappa shape index (κ3) is 3.74. The number of amides is 1. The summed E-state index contributed by atoms with van der Waals surface area (Å²) < 4.78 is 17.7. The molecule has 0 N–H and O–H groups in total. The third-order valence-electron chi connectivity index (χ3n) is 5.52. The van der Waals surface area contributed by atoms with Crippen molar-refractivity contribution in [2.24, 2.45) is 0 Å². The Morgan fingerprint density at radius 2 is 1.81 bits per heavy atom. The van der Waals surface area contributed by atoms with E-state index in [0.717, 1.165) is 36.9 Å². The van der Waals surface area contributed by atoms with Gasteiger partial charge in [0.1, 0.15) is 5.56 Å². The molecule has 0 radical (unpaired) electrons. The highest BCUT2D eigenvalue weighted by Crippen LogP contribution is 2.38. The number of carbonyl (C=O) groups excluding carboxylic acids is 1. The quantitative estimate of drug-likeness (QED) is 0.583. The number of ether oxygens (including phenoxy) is 3. The molecule has 164 valence electrons. The van der Waals surface area contributed by atoms with E-state index in [1.165, 1.54) is 23.1 Å². The SMILES string of the molecule is COc1cc(CN(C)C(=O)c2cnc3sc4c(n3c2=O)CCCC4)cc(OC)c1OC. The van der Waals surface area contributed by atoms with Gasteiger partial charge in [-0.2, -0.15) is 0 Å². The van der Waals surface area contributed by atoms with Crippen LogP contribution in [0.25, 0.3) is 4.96 Å². The van der Waals surface area contributed by atoms with Crippen molar-refractivity contribution < 1.29 is 19.0 Å². The van der Waals surface area contributed by atoms with Gasteiger partial charge in [-0.05, 0) is 43.4 Å². The molecule has 1 aliphatic rings. The third-order valence-corrected chi connectivity index (χ3v) is 6.68. The molecule has 1 aromatic carbocycles. The molecule has 0 spiro atoms. The summed E-state index contributed by atoms with van der Waals surface area (Å²) in [4.78, 5) is 34.1. The molecule has 9 heteroatoms. The van der Waals surface area contributed by atoms with Crippen LogP contribution in [0.4, 0.5) is 0 Å². The zero-order chi connectivity index (χ0) is 22.1. The molecule has 0 saturated heterocycles. The van der Waals surface area contributed by atoms with E-state index in [1.807, 2.05) is 0 Å². The van der Waals surface area contributed by atoms with Gasteiger partial charge in [-0.15, -0.1) is 11.3 Å². The average molecular weight is 444 g/mol. The topological polar surface area (TPSA) is 82.4 Å². The van der Waals surface area contributed by atoms with Crippen LogP contribution in [-0.2, 0) is 19.4 Å². The Bertz CT molecular complexity index is 1170. The molecule has 31 heavy (non-hydrogen) atoms. The van der Waals surface area contributed by atoms with Crippen molar-refractivity contribution in [3.63, 3.8) is 0 Å². The highest BCUT2D eigenvalue weighted by molar-refractivity contribution is 7.17. The summed E-state index contributed by atoms with van der Waals surface area (Å²) in [5, 5.41) is 0. The number of hydrogen-bond donors (Lipinski definition) is 0. The Balaban J connectivity index is 1.65. The first kappa shape index (κ1) is 21.2. The maximum absolute atomic E-state index is 13.2. The van der Waals surface area contributed by atoms with Crippen LogP contribution in [0.2, 0.25) is 0 Å². The maximum atomic E-state index is 13.2. The lowest BCUT2D eigenvalue weighted by Gasteiger charge is -2.19. The van der Waals surface area contributed by atoms with E-state index in [1.54, 1.807) is 49.1 Å². The monoisotopic (exact) mass is 443 g/mol. The summed E-state index contributed by atoms with van der Waals surface area (Å²) in [5.41, 5.74) is 1.56. The van der Waals surface area contributed by atoms with Gasteiger partial charge in [-0.25, -0.2) is 4.98 Å². The molecule has 0 bridgehead atoms. The van der Waals surface area contributed by atoms with Crippen LogP contribution < -0.4 is 19.8 Å². The molecule has 1 amide bonds. The van der Waals surface area contributed by atoms with Gasteiger partial charge in [0.15, 0.2) is 16.5 Å².